The van der Waals surface area contributed by atoms with Crippen LogP contribution in [0.1, 0.15) is 35.2 Å². The van der Waals surface area contributed by atoms with Crippen molar-refractivity contribution in [2.45, 2.75) is 37.9 Å². The maximum Gasteiger partial charge on any atom is 0.303 e. The van der Waals surface area contributed by atoms with E-state index in [0.29, 0.717) is 12.6 Å². The van der Waals surface area contributed by atoms with E-state index in [2.05, 4.69) is 57.3 Å². The summed E-state index contributed by atoms with van der Waals surface area (Å²) >= 11 is 0. The van der Waals surface area contributed by atoms with Gasteiger partial charge in [-0.15, -0.1) is 0 Å². The molecule has 2 amide bonds. The van der Waals surface area contributed by atoms with Crippen molar-refractivity contribution in [2.24, 2.45) is 11.3 Å². The number of carbonyl (C=O) groups excluding carboxylic acids is 2. The van der Waals surface area contributed by atoms with Crippen molar-refractivity contribution in [2.75, 3.05) is 41.3 Å². The molecule has 4 heterocycles. The van der Waals surface area contributed by atoms with Gasteiger partial charge in [-0.2, -0.15) is 12.7 Å². The zero-order chi connectivity index (χ0) is 33.0. The van der Waals surface area contributed by atoms with Crippen molar-refractivity contribution in [1.82, 2.24) is 23.4 Å². The molecule has 244 valence electrons. The van der Waals surface area contributed by atoms with Crippen LogP contribution in [0.5, 0.6) is 5.75 Å². The van der Waals surface area contributed by atoms with Crippen LogP contribution in [0.25, 0.3) is 33.3 Å². The van der Waals surface area contributed by atoms with Crippen molar-refractivity contribution in [3.63, 3.8) is 0 Å². The fourth-order valence-electron chi connectivity index (χ4n) is 8.70. The lowest BCUT2D eigenvalue weighted by molar-refractivity contribution is -0.140. The van der Waals surface area contributed by atoms with E-state index >= 15 is 0 Å². The summed E-state index contributed by atoms with van der Waals surface area (Å²) in [6, 6.07) is 22.3. The van der Waals surface area contributed by atoms with Crippen molar-refractivity contribution in [3.05, 3.63) is 77.9 Å². The fraction of sp³-hybridized carbons (Fsp3) is 0.389. The molecule has 5 atom stereocenters. The van der Waals surface area contributed by atoms with E-state index in [0.717, 1.165) is 68.4 Å². The molecule has 3 fully saturated rings. The number of aromatic nitrogens is 1. The third kappa shape index (κ3) is 4.32. The molecule has 11 heteroatoms. The molecule has 1 N–H and O–H groups in total. The van der Waals surface area contributed by atoms with Gasteiger partial charge in [0, 0.05) is 79.3 Å². The van der Waals surface area contributed by atoms with Gasteiger partial charge in [-0.05, 0) is 60.8 Å². The second kappa shape index (κ2) is 10.4. The highest BCUT2D eigenvalue weighted by atomic mass is 32.2. The molecule has 1 aromatic heterocycles. The number of carbonyl (C=O) groups is 2. The average molecular weight is 654 g/mol. The summed E-state index contributed by atoms with van der Waals surface area (Å²) in [7, 11) is 2.56. The third-order valence-electron chi connectivity index (χ3n) is 11.3. The molecule has 3 aromatic carbocycles. The molecule has 2 bridgehead atoms. The molecule has 2 saturated heterocycles. The molecule has 8 rings (SSSR count). The predicted molar refractivity (Wildman–Crippen MR) is 180 cm³/mol. The Morgan fingerprint density at radius 1 is 1.00 bits per heavy atom. The first-order chi connectivity index (χ1) is 22.5. The number of piperazine rings is 1. The van der Waals surface area contributed by atoms with Crippen LogP contribution in [0.4, 0.5) is 0 Å². The van der Waals surface area contributed by atoms with Gasteiger partial charge >= 0.3 is 10.2 Å². The van der Waals surface area contributed by atoms with Crippen molar-refractivity contribution >= 4 is 32.9 Å². The van der Waals surface area contributed by atoms with Gasteiger partial charge in [0.05, 0.1) is 18.2 Å². The summed E-state index contributed by atoms with van der Waals surface area (Å²) < 4.78 is 36.2. The Morgan fingerprint density at radius 2 is 1.77 bits per heavy atom. The number of ether oxygens (including phenoxy) is 1. The number of hydrogen-bond donors (Lipinski definition) is 1. The second-order valence-corrected chi connectivity index (χ2v) is 15.7. The second-order valence-electron chi connectivity index (χ2n) is 13.8. The standard InChI is InChI=1S/C36H39N5O5S/c1-21-32-29-17-26(46-5)12-14-27(29)33-31(22-9-7-6-8-10-22)28-13-11-23(34(42)37-47(44,45)38(2)3)15-30(28)41(33)20-36(21,32)35(43)40-19-24-16-25(40)18-39(24)4/h6-15,17,21,24-25,32H,16,18-20H2,1-5H3,(H,37,42)/t21?,24?,25-,32?,36?/m1/s1. The number of likely N-dealkylation sites (N-methyl/N-ethyl adjacent to an activating group) is 1. The highest BCUT2D eigenvalue weighted by Crippen LogP contribution is 2.70. The van der Waals surface area contributed by atoms with E-state index in [9.17, 15) is 18.0 Å². The number of methoxy groups -OCH3 is 1. The molecule has 3 aliphatic heterocycles. The van der Waals surface area contributed by atoms with Crippen molar-refractivity contribution in [1.29, 1.82) is 0 Å². The number of nitrogens with one attached hydrogen (secondary N) is 1. The van der Waals surface area contributed by atoms with E-state index in [1.54, 1.807) is 19.2 Å². The molecule has 0 spiro atoms. The highest BCUT2D eigenvalue weighted by Gasteiger charge is 2.71. The minimum absolute atomic E-state index is 0.00718. The average Bonchev–Trinajstić information content (AvgIpc) is 3.34. The van der Waals surface area contributed by atoms with Crippen molar-refractivity contribution < 1.29 is 22.7 Å². The van der Waals surface area contributed by atoms with Crippen LogP contribution in [-0.4, -0.2) is 92.3 Å². The Labute approximate surface area is 275 Å². The lowest BCUT2D eigenvalue weighted by atomic mass is 9.91. The summed E-state index contributed by atoms with van der Waals surface area (Å²) in [4.78, 5) is 32.8. The van der Waals surface area contributed by atoms with Crippen LogP contribution in [-0.2, 0) is 21.5 Å². The number of rotatable bonds is 6. The normalized spacial score (nSPS) is 26.1. The number of benzene rings is 3. The van der Waals surface area contributed by atoms with Gasteiger partial charge in [0.1, 0.15) is 5.75 Å². The Kier molecular flexibility index (Phi) is 6.68. The minimum Gasteiger partial charge on any atom is -0.497 e. The van der Waals surface area contributed by atoms with Crippen LogP contribution in [0, 0.1) is 11.3 Å². The minimum atomic E-state index is -3.99. The zero-order valence-electron chi connectivity index (χ0n) is 27.2. The first kappa shape index (κ1) is 30.2. The van der Waals surface area contributed by atoms with E-state index in [1.165, 1.54) is 14.1 Å². The Morgan fingerprint density at radius 3 is 2.43 bits per heavy atom. The lowest BCUT2D eigenvalue weighted by Gasteiger charge is -2.35. The van der Waals surface area contributed by atoms with Crippen LogP contribution < -0.4 is 9.46 Å². The number of amides is 2. The summed E-state index contributed by atoms with van der Waals surface area (Å²) in [5, 5.41) is 0.927. The van der Waals surface area contributed by atoms with E-state index in [4.69, 9.17) is 4.74 Å². The van der Waals surface area contributed by atoms with Crippen LogP contribution in [0.2, 0.25) is 0 Å². The molecule has 1 aliphatic carbocycles. The molecule has 1 saturated carbocycles. The molecular formula is C36H39N5O5S. The molecule has 4 unspecified atom stereocenters. The summed E-state index contributed by atoms with van der Waals surface area (Å²) in [6.07, 6.45) is 1.01. The Hall–Kier alpha value is -4.19. The zero-order valence-corrected chi connectivity index (χ0v) is 28.0. The molecule has 0 radical (unpaired) electrons. The van der Waals surface area contributed by atoms with E-state index < -0.39 is 21.5 Å². The predicted octanol–water partition coefficient (Wildman–Crippen LogP) is 4.17. The quantitative estimate of drug-likeness (QED) is 0.335. The molecule has 4 aliphatic rings. The Bertz CT molecular complexity index is 2070. The smallest absolute Gasteiger partial charge is 0.303 e. The van der Waals surface area contributed by atoms with Gasteiger partial charge < -0.3 is 14.2 Å². The first-order valence-electron chi connectivity index (χ1n) is 16.1. The summed E-state index contributed by atoms with van der Waals surface area (Å²) in [6.45, 7) is 4.26. The van der Waals surface area contributed by atoms with E-state index in [1.807, 2.05) is 30.3 Å². The SMILES string of the molecule is COc1ccc2c(c1)C1C(C)C1(C(=O)N1CC3C[C@@H]1CN3C)Cn1c-2c(-c2ccccc2)c2ccc(C(=O)NS(=O)(=O)N(C)C)cc21. The molecule has 4 aromatic rings. The maximum absolute atomic E-state index is 14.9. The first-order valence-corrected chi connectivity index (χ1v) is 17.6. The maximum atomic E-state index is 14.9. The van der Waals surface area contributed by atoms with Gasteiger partial charge in [0.2, 0.25) is 5.91 Å². The van der Waals surface area contributed by atoms with Gasteiger partial charge in [-0.25, -0.2) is 4.72 Å². The number of fused-ring (bicyclic) bond motifs is 9. The third-order valence-corrected chi connectivity index (χ3v) is 12.7. The fourth-order valence-corrected chi connectivity index (χ4v) is 9.23. The Balaban J connectivity index is 1.36. The molecule has 47 heavy (non-hydrogen) atoms. The number of likely N-dealkylation sites (tertiary alicyclic amines) is 2. The largest absolute Gasteiger partial charge is 0.497 e. The van der Waals surface area contributed by atoms with Crippen LogP contribution >= 0.6 is 0 Å². The summed E-state index contributed by atoms with van der Waals surface area (Å²) in [5.74, 6) is 0.313. The monoisotopic (exact) mass is 653 g/mol. The molecular weight excluding hydrogens is 614 g/mol. The van der Waals surface area contributed by atoms with Crippen molar-refractivity contribution in [3.8, 4) is 28.1 Å². The highest BCUT2D eigenvalue weighted by molar-refractivity contribution is 7.87. The number of nitrogens with zero attached hydrogens (tertiary/aromatic N) is 4. The van der Waals surface area contributed by atoms with Crippen LogP contribution in [0.3, 0.4) is 0 Å². The van der Waals surface area contributed by atoms with Gasteiger partial charge in [-0.1, -0.05) is 43.3 Å². The number of hydrogen-bond acceptors (Lipinski definition) is 6. The van der Waals surface area contributed by atoms with Gasteiger partial charge in [0.15, 0.2) is 0 Å². The summed E-state index contributed by atoms with van der Waals surface area (Å²) in [5.41, 5.74) is 5.48. The van der Waals surface area contributed by atoms with Gasteiger partial charge in [-0.3, -0.25) is 14.5 Å². The topological polar surface area (TPSA) is 104 Å². The van der Waals surface area contributed by atoms with E-state index in [-0.39, 0.29) is 29.3 Å². The lowest BCUT2D eigenvalue weighted by Crippen LogP contribution is -2.50. The molecule has 10 nitrogen and oxygen atoms in total. The van der Waals surface area contributed by atoms with Gasteiger partial charge in [0.25, 0.3) is 5.91 Å². The van der Waals surface area contributed by atoms with Crippen LogP contribution in [0.15, 0.2) is 66.7 Å².